The quantitative estimate of drug-likeness (QED) is 0.554. The van der Waals surface area contributed by atoms with E-state index in [1.165, 1.54) is 20.9 Å². The molecule has 0 N–H and O–H groups in total. The van der Waals surface area contributed by atoms with Crippen LogP contribution in [0.2, 0.25) is 0 Å². The van der Waals surface area contributed by atoms with Crippen molar-refractivity contribution < 1.29 is 18.7 Å². The predicted molar refractivity (Wildman–Crippen MR) is 97.8 cm³/mol. The second-order valence-corrected chi connectivity index (χ2v) is 6.73. The van der Waals surface area contributed by atoms with Crippen molar-refractivity contribution in [1.29, 1.82) is 0 Å². The zero-order valence-corrected chi connectivity index (χ0v) is 15.8. The molecular formula is C19H23NO4S. The lowest BCUT2D eigenvalue weighted by molar-refractivity contribution is -0.143. The van der Waals surface area contributed by atoms with Gasteiger partial charge in [-0.1, -0.05) is 18.2 Å². The summed E-state index contributed by atoms with van der Waals surface area (Å²) in [7, 11) is 1.55. The molecular weight excluding hydrogens is 338 g/mol. The fourth-order valence-electron chi connectivity index (χ4n) is 2.40. The smallest absolute Gasteiger partial charge is 0.325 e. The fourth-order valence-corrected chi connectivity index (χ4v) is 3.43. The van der Waals surface area contributed by atoms with Crippen LogP contribution in [0.4, 0.5) is 0 Å². The summed E-state index contributed by atoms with van der Waals surface area (Å²) in [6.07, 6.45) is 0. The van der Waals surface area contributed by atoms with Gasteiger partial charge in [0.25, 0.3) is 5.91 Å². The van der Waals surface area contributed by atoms with E-state index in [0.29, 0.717) is 12.4 Å². The van der Waals surface area contributed by atoms with Crippen molar-refractivity contribution in [2.45, 2.75) is 31.4 Å². The SMILES string of the molecule is CCOC(=O)CN(C)C(=O)c1ccc(CSc2c(C)cccc2C)o1. The summed E-state index contributed by atoms with van der Waals surface area (Å²) < 4.78 is 10.5. The largest absolute Gasteiger partial charge is 0.465 e. The molecule has 6 heteroatoms. The van der Waals surface area contributed by atoms with E-state index in [0.717, 1.165) is 5.76 Å². The highest BCUT2D eigenvalue weighted by Gasteiger charge is 2.19. The molecule has 1 heterocycles. The van der Waals surface area contributed by atoms with E-state index in [9.17, 15) is 9.59 Å². The van der Waals surface area contributed by atoms with Crippen LogP contribution in [0.1, 0.15) is 34.4 Å². The van der Waals surface area contributed by atoms with Crippen molar-refractivity contribution in [3.05, 3.63) is 53.0 Å². The van der Waals surface area contributed by atoms with Gasteiger partial charge < -0.3 is 14.1 Å². The van der Waals surface area contributed by atoms with Gasteiger partial charge in [-0.15, -0.1) is 11.8 Å². The van der Waals surface area contributed by atoms with Crippen LogP contribution in [0.25, 0.3) is 0 Å². The lowest BCUT2D eigenvalue weighted by Gasteiger charge is -2.14. The molecule has 5 nitrogen and oxygen atoms in total. The summed E-state index contributed by atoms with van der Waals surface area (Å²) >= 11 is 1.68. The van der Waals surface area contributed by atoms with Crippen LogP contribution >= 0.6 is 11.8 Å². The van der Waals surface area contributed by atoms with Crippen LogP contribution in [-0.2, 0) is 15.3 Å². The van der Waals surface area contributed by atoms with Crippen LogP contribution in [0.3, 0.4) is 0 Å². The first-order valence-electron chi connectivity index (χ1n) is 8.11. The lowest BCUT2D eigenvalue weighted by Crippen LogP contribution is -2.32. The number of thioether (sulfide) groups is 1. The van der Waals surface area contributed by atoms with Gasteiger partial charge >= 0.3 is 5.97 Å². The Morgan fingerprint density at radius 3 is 2.48 bits per heavy atom. The third-order valence-electron chi connectivity index (χ3n) is 3.66. The van der Waals surface area contributed by atoms with Gasteiger partial charge in [-0.25, -0.2) is 0 Å². The van der Waals surface area contributed by atoms with Gasteiger partial charge in [0.15, 0.2) is 5.76 Å². The Hall–Kier alpha value is -2.21. The highest BCUT2D eigenvalue weighted by atomic mass is 32.2. The number of rotatable bonds is 7. The first kappa shape index (κ1) is 19.1. The van der Waals surface area contributed by atoms with E-state index in [-0.39, 0.29) is 18.2 Å². The monoisotopic (exact) mass is 361 g/mol. The Bertz CT molecular complexity index is 733. The first-order chi connectivity index (χ1) is 11.9. The summed E-state index contributed by atoms with van der Waals surface area (Å²) in [5.41, 5.74) is 2.45. The second kappa shape index (κ2) is 8.76. The molecule has 0 atom stereocenters. The molecule has 0 saturated heterocycles. The highest BCUT2D eigenvalue weighted by molar-refractivity contribution is 7.98. The van der Waals surface area contributed by atoms with Crippen LogP contribution in [0.15, 0.2) is 39.6 Å². The van der Waals surface area contributed by atoms with Crippen LogP contribution in [0, 0.1) is 13.8 Å². The number of nitrogens with zero attached hydrogens (tertiary/aromatic N) is 1. The number of likely N-dealkylation sites (N-methyl/N-ethyl adjacent to an activating group) is 1. The van der Waals surface area contributed by atoms with E-state index in [1.54, 1.807) is 37.9 Å². The van der Waals surface area contributed by atoms with Crippen molar-refractivity contribution in [3.63, 3.8) is 0 Å². The average Bonchev–Trinajstić information content (AvgIpc) is 3.02. The summed E-state index contributed by atoms with van der Waals surface area (Å²) in [6.45, 7) is 6.08. The van der Waals surface area contributed by atoms with E-state index in [1.807, 2.05) is 6.07 Å². The number of carbonyl (C=O) groups is 2. The molecule has 0 unspecified atom stereocenters. The normalized spacial score (nSPS) is 10.6. The fraction of sp³-hybridized carbons (Fsp3) is 0.368. The minimum absolute atomic E-state index is 0.0974. The molecule has 1 aromatic carbocycles. The molecule has 0 bridgehead atoms. The number of furan rings is 1. The van der Waals surface area contributed by atoms with Gasteiger partial charge in [0.05, 0.1) is 12.4 Å². The Morgan fingerprint density at radius 2 is 1.84 bits per heavy atom. The molecule has 0 aliphatic carbocycles. The Kier molecular flexibility index (Phi) is 6.70. The number of amides is 1. The standard InChI is InChI=1S/C19H23NO4S/c1-5-23-17(21)11-20(4)19(22)16-10-9-15(24-16)12-25-18-13(2)7-6-8-14(18)3/h6-10H,5,11-12H2,1-4H3. The summed E-state index contributed by atoms with van der Waals surface area (Å²) in [5.74, 6) is 0.817. The van der Waals surface area contributed by atoms with Crippen LogP contribution < -0.4 is 0 Å². The average molecular weight is 361 g/mol. The van der Waals surface area contributed by atoms with Gasteiger partial charge in [0, 0.05) is 11.9 Å². The molecule has 0 radical (unpaired) electrons. The number of hydrogen-bond acceptors (Lipinski definition) is 5. The Morgan fingerprint density at radius 1 is 1.16 bits per heavy atom. The maximum Gasteiger partial charge on any atom is 0.325 e. The van der Waals surface area contributed by atoms with E-state index in [4.69, 9.17) is 9.15 Å². The molecule has 2 aromatic rings. The number of ether oxygens (including phenoxy) is 1. The molecule has 2 rings (SSSR count). The van der Waals surface area contributed by atoms with Crippen LogP contribution in [0.5, 0.6) is 0 Å². The van der Waals surface area contributed by atoms with Gasteiger partial charge in [-0.2, -0.15) is 0 Å². The Balaban J connectivity index is 1.97. The van der Waals surface area contributed by atoms with E-state index in [2.05, 4.69) is 26.0 Å². The molecule has 0 aliphatic rings. The molecule has 134 valence electrons. The summed E-state index contributed by atoms with van der Waals surface area (Å²) in [6, 6.07) is 9.64. The number of benzene rings is 1. The van der Waals surface area contributed by atoms with Crippen molar-refractivity contribution in [2.75, 3.05) is 20.2 Å². The minimum atomic E-state index is -0.435. The number of aryl methyl sites for hydroxylation is 2. The minimum Gasteiger partial charge on any atom is -0.465 e. The zero-order valence-electron chi connectivity index (χ0n) is 15.0. The topological polar surface area (TPSA) is 59.8 Å². The predicted octanol–water partition coefficient (Wildman–Crippen LogP) is 3.82. The molecule has 0 saturated carbocycles. The van der Waals surface area contributed by atoms with Gasteiger partial charge in [0.1, 0.15) is 12.3 Å². The summed E-state index contributed by atoms with van der Waals surface area (Å²) in [4.78, 5) is 26.3. The molecule has 25 heavy (non-hydrogen) atoms. The molecule has 1 aromatic heterocycles. The number of hydrogen-bond donors (Lipinski definition) is 0. The number of esters is 1. The maximum atomic E-state index is 12.3. The molecule has 0 fully saturated rings. The molecule has 0 spiro atoms. The van der Waals surface area contributed by atoms with Crippen molar-refractivity contribution in [3.8, 4) is 0 Å². The third kappa shape index (κ3) is 5.13. The lowest BCUT2D eigenvalue weighted by atomic mass is 10.2. The number of carbonyl (C=O) groups excluding carboxylic acids is 2. The van der Waals surface area contributed by atoms with Gasteiger partial charge in [-0.05, 0) is 44.0 Å². The van der Waals surface area contributed by atoms with Gasteiger partial charge in [-0.3, -0.25) is 9.59 Å². The van der Waals surface area contributed by atoms with Crippen molar-refractivity contribution >= 4 is 23.6 Å². The molecule has 1 amide bonds. The second-order valence-electron chi connectivity index (χ2n) is 5.74. The maximum absolute atomic E-state index is 12.3. The molecule has 0 aliphatic heterocycles. The summed E-state index contributed by atoms with van der Waals surface area (Å²) in [5, 5.41) is 0. The highest BCUT2D eigenvalue weighted by Crippen LogP contribution is 2.29. The zero-order chi connectivity index (χ0) is 18.4. The first-order valence-corrected chi connectivity index (χ1v) is 9.09. The van der Waals surface area contributed by atoms with Crippen LogP contribution in [-0.4, -0.2) is 37.0 Å². The van der Waals surface area contributed by atoms with Gasteiger partial charge in [0.2, 0.25) is 0 Å². The van der Waals surface area contributed by atoms with E-state index < -0.39 is 5.97 Å². The Labute approximate surface area is 152 Å². The van der Waals surface area contributed by atoms with E-state index >= 15 is 0 Å². The van der Waals surface area contributed by atoms with Crippen molar-refractivity contribution in [2.24, 2.45) is 0 Å². The third-order valence-corrected chi connectivity index (χ3v) is 5.02. The van der Waals surface area contributed by atoms with Crippen molar-refractivity contribution in [1.82, 2.24) is 4.90 Å².